The van der Waals surface area contributed by atoms with Crippen molar-refractivity contribution in [2.75, 3.05) is 23.7 Å². The summed E-state index contributed by atoms with van der Waals surface area (Å²) >= 11 is 0. The third-order valence-corrected chi connectivity index (χ3v) is 6.91. The van der Waals surface area contributed by atoms with Crippen LogP contribution < -0.4 is 10.6 Å². The maximum Gasteiger partial charge on any atom is 0.162 e. The minimum absolute atomic E-state index is 0.796. The first-order chi connectivity index (χ1) is 18.0. The number of para-hydroxylation sites is 2. The molecule has 37 heavy (non-hydrogen) atoms. The van der Waals surface area contributed by atoms with Crippen LogP contribution in [0, 0.1) is 27.7 Å². The number of aryl methyl sites for hydroxylation is 4. The maximum absolute atomic E-state index is 4.84. The number of nitrogens with zero attached hydrogens (tertiary/aromatic N) is 4. The number of anilines is 2. The van der Waals surface area contributed by atoms with Crippen molar-refractivity contribution < 1.29 is 0 Å². The Bertz CT molecular complexity index is 1680. The van der Waals surface area contributed by atoms with Crippen LogP contribution in [-0.4, -0.2) is 33.0 Å². The molecular formula is C31H30N6. The van der Waals surface area contributed by atoms with Crippen LogP contribution in [0.25, 0.3) is 43.9 Å². The molecule has 2 N–H and O–H groups in total. The summed E-state index contributed by atoms with van der Waals surface area (Å²) in [5.74, 6) is 0. The Hall–Kier alpha value is -4.32. The van der Waals surface area contributed by atoms with Crippen LogP contribution in [0.15, 0.2) is 60.7 Å². The summed E-state index contributed by atoms with van der Waals surface area (Å²) in [7, 11) is 0. The van der Waals surface area contributed by atoms with E-state index < -0.39 is 0 Å². The van der Waals surface area contributed by atoms with Gasteiger partial charge in [-0.2, -0.15) is 0 Å². The highest BCUT2D eigenvalue weighted by molar-refractivity contribution is 6.08. The van der Waals surface area contributed by atoms with Gasteiger partial charge in [0, 0.05) is 46.0 Å². The molecule has 0 spiro atoms. The van der Waals surface area contributed by atoms with E-state index in [9.17, 15) is 0 Å². The molecule has 0 atom stereocenters. The van der Waals surface area contributed by atoms with Gasteiger partial charge in [-0.25, -0.2) is 19.9 Å². The molecule has 0 fully saturated rings. The molecule has 6 aromatic rings. The van der Waals surface area contributed by atoms with Crippen LogP contribution in [0.1, 0.15) is 28.9 Å². The first kappa shape index (κ1) is 23.1. The smallest absolute Gasteiger partial charge is 0.162 e. The molecule has 6 rings (SSSR count). The van der Waals surface area contributed by atoms with Gasteiger partial charge in [0.25, 0.3) is 0 Å². The van der Waals surface area contributed by atoms with Gasteiger partial charge in [0.15, 0.2) is 11.3 Å². The molecule has 184 valence electrons. The highest BCUT2D eigenvalue weighted by atomic mass is 14.9. The number of fused-ring (bicyclic) bond motifs is 4. The Labute approximate surface area is 216 Å². The largest absolute Gasteiger partial charge is 0.384 e. The first-order valence-electron chi connectivity index (χ1n) is 12.8. The third kappa shape index (κ3) is 4.18. The summed E-state index contributed by atoms with van der Waals surface area (Å²) in [6.07, 6.45) is 0.937. The molecule has 0 aliphatic heterocycles. The predicted molar refractivity (Wildman–Crippen MR) is 155 cm³/mol. The zero-order chi connectivity index (χ0) is 25.5. The molecule has 4 aromatic heterocycles. The van der Waals surface area contributed by atoms with Gasteiger partial charge in [0.2, 0.25) is 0 Å². The lowest BCUT2D eigenvalue weighted by Crippen LogP contribution is -2.11. The molecule has 0 saturated heterocycles. The van der Waals surface area contributed by atoms with Crippen molar-refractivity contribution in [2.24, 2.45) is 0 Å². The average molecular weight is 487 g/mol. The second-order valence-corrected chi connectivity index (χ2v) is 9.77. The molecule has 0 amide bonds. The van der Waals surface area contributed by atoms with Crippen molar-refractivity contribution in [3.05, 3.63) is 83.2 Å². The van der Waals surface area contributed by atoms with Crippen molar-refractivity contribution >= 4 is 55.2 Å². The minimum Gasteiger partial charge on any atom is -0.384 e. The Morgan fingerprint density at radius 2 is 1.00 bits per heavy atom. The summed E-state index contributed by atoms with van der Waals surface area (Å²) in [4.78, 5) is 19.1. The second kappa shape index (κ2) is 9.28. The maximum atomic E-state index is 4.84. The van der Waals surface area contributed by atoms with Gasteiger partial charge in [-0.05, 0) is 69.5 Å². The number of rotatable bonds is 6. The van der Waals surface area contributed by atoms with Gasteiger partial charge >= 0.3 is 0 Å². The van der Waals surface area contributed by atoms with E-state index in [2.05, 4.69) is 73.0 Å². The molecule has 2 aromatic carbocycles. The number of nitrogens with one attached hydrogen (secondary N) is 2. The number of pyridine rings is 4. The van der Waals surface area contributed by atoms with Gasteiger partial charge in [-0.15, -0.1) is 0 Å². The molecule has 0 radical (unpaired) electrons. The van der Waals surface area contributed by atoms with Crippen LogP contribution in [0.2, 0.25) is 0 Å². The zero-order valence-corrected chi connectivity index (χ0v) is 21.7. The molecule has 6 nitrogen and oxygen atoms in total. The van der Waals surface area contributed by atoms with Gasteiger partial charge < -0.3 is 10.6 Å². The minimum atomic E-state index is 0.796. The number of aromatic nitrogens is 4. The Morgan fingerprint density at radius 1 is 0.568 bits per heavy atom. The fourth-order valence-electron chi connectivity index (χ4n) is 5.36. The summed E-state index contributed by atoms with van der Waals surface area (Å²) in [6.45, 7) is 9.96. The Balaban J connectivity index is 1.28. The lowest BCUT2D eigenvalue weighted by Gasteiger charge is -2.17. The number of hydrogen-bond acceptors (Lipinski definition) is 6. The predicted octanol–water partition coefficient (Wildman–Crippen LogP) is 7.03. The highest BCUT2D eigenvalue weighted by Gasteiger charge is 2.14. The first-order valence-corrected chi connectivity index (χ1v) is 12.8. The molecule has 0 aliphatic carbocycles. The quantitative estimate of drug-likeness (QED) is 0.194. The third-order valence-electron chi connectivity index (χ3n) is 6.91. The van der Waals surface area contributed by atoms with Crippen LogP contribution in [0.4, 0.5) is 11.4 Å². The number of benzene rings is 2. The van der Waals surface area contributed by atoms with Crippen LogP contribution in [-0.2, 0) is 0 Å². The van der Waals surface area contributed by atoms with Gasteiger partial charge in [-0.3, -0.25) is 0 Å². The zero-order valence-electron chi connectivity index (χ0n) is 21.7. The Kier molecular flexibility index (Phi) is 5.80. The van der Waals surface area contributed by atoms with Gasteiger partial charge in [0.1, 0.15) is 0 Å². The van der Waals surface area contributed by atoms with Gasteiger partial charge in [-0.1, -0.05) is 36.4 Å². The van der Waals surface area contributed by atoms with Crippen LogP contribution in [0.5, 0.6) is 0 Å². The monoisotopic (exact) mass is 486 g/mol. The normalized spacial score (nSPS) is 11.6. The van der Waals surface area contributed by atoms with Gasteiger partial charge in [0.05, 0.1) is 22.4 Å². The van der Waals surface area contributed by atoms with Crippen molar-refractivity contribution in [1.82, 2.24) is 19.9 Å². The summed E-state index contributed by atoms with van der Waals surface area (Å²) in [5, 5.41) is 11.9. The standard InChI is InChI=1S/C31H30N6/c1-18-16-20(3)34-30-26(18)28(22-10-5-7-12-24(22)36-30)32-14-9-15-33-29-23-11-6-8-13-25(23)37-31-27(29)19(2)17-21(4)35-31/h5-8,10-13,16-17H,9,14-15H2,1-4H3,(H,32,34,36)(H,33,35,37). The van der Waals surface area contributed by atoms with E-state index in [0.29, 0.717) is 0 Å². The summed E-state index contributed by atoms with van der Waals surface area (Å²) in [6, 6.07) is 20.8. The van der Waals surface area contributed by atoms with E-state index in [1.165, 1.54) is 11.1 Å². The molecule has 0 aliphatic rings. The fourth-order valence-corrected chi connectivity index (χ4v) is 5.36. The Morgan fingerprint density at radius 3 is 1.46 bits per heavy atom. The lowest BCUT2D eigenvalue weighted by molar-refractivity contribution is 0.913. The van der Waals surface area contributed by atoms with E-state index in [1.54, 1.807) is 0 Å². The molecule has 6 heteroatoms. The van der Waals surface area contributed by atoms with E-state index in [0.717, 1.165) is 86.1 Å². The summed E-state index contributed by atoms with van der Waals surface area (Å²) in [5.41, 5.74) is 10.1. The lowest BCUT2D eigenvalue weighted by atomic mass is 10.1. The molecule has 0 unspecified atom stereocenters. The van der Waals surface area contributed by atoms with Crippen LogP contribution in [0.3, 0.4) is 0 Å². The van der Waals surface area contributed by atoms with Crippen molar-refractivity contribution in [3.63, 3.8) is 0 Å². The van der Waals surface area contributed by atoms with Crippen LogP contribution >= 0.6 is 0 Å². The fraction of sp³-hybridized carbons (Fsp3) is 0.226. The van der Waals surface area contributed by atoms with E-state index in [4.69, 9.17) is 19.9 Å². The molecule has 0 bridgehead atoms. The molecule has 0 saturated carbocycles. The SMILES string of the molecule is Cc1cc(C)c2c(NCCCNc3c4ccccc4nc4nc(C)cc(C)c34)c3ccccc3nc2n1. The average Bonchev–Trinajstić information content (AvgIpc) is 2.87. The topological polar surface area (TPSA) is 75.6 Å². The van der Waals surface area contributed by atoms with Crippen molar-refractivity contribution in [3.8, 4) is 0 Å². The second-order valence-electron chi connectivity index (χ2n) is 9.77. The van der Waals surface area contributed by atoms with E-state index >= 15 is 0 Å². The number of hydrogen-bond donors (Lipinski definition) is 2. The van der Waals surface area contributed by atoms with E-state index in [1.807, 2.05) is 26.0 Å². The molecular weight excluding hydrogens is 456 g/mol. The highest BCUT2D eigenvalue weighted by Crippen LogP contribution is 2.34. The van der Waals surface area contributed by atoms with Crippen molar-refractivity contribution in [1.29, 1.82) is 0 Å². The molecule has 4 heterocycles. The van der Waals surface area contributed by atoms with E-state index in [-0.39, 0.29) is 0 Å². The summed E-state index contributed by atoms with van der Waals surface area (Å²) < 4.78 is 0. The van der Waals surface area contributed by atoms with Crippen molar-refractivity contribution in [2.45, 2.75) is 34.1 Å².